The lowest BCUT2D eigenvalue weighted by atomic mass is 10.1. The quantitative estimate of drug-likeness (QED) is 0.939. The number of aromatic nitrogens is 2. The summed E-state index contributed by atoms with van der Waals surface area (Å²) in [7, 11) is 1.40. The van der Waals surface area contributed by atoms with Gasteiger partial charge in [-0.3, -0.25) is 9.78 Å². The van der Waals surface area contributed by atoms with Gasteiger partial charge in [0.15, 0.2) is 11.6 Å². The molecule has 110 valence electrons. The van der Waals surface area contributed by atoms with Crippen LogP contribution in [0.1, 0.15) is 34.7 Å². The Morgan fingerprint density at radius 1 is 1.33 bits per heavy atom. The van der Waals surface area contributed by atoms with E-state index in [0.717, 1.165) is 5.69 Å². The normalized spacial score (nSPS) is 11.8. The second-order valence-corrected chi connectivity index (χ2v) is 4.63. The number of hydrogen-bond acceptors (Lipinski definition) is 4. The van der Waals surface area contributed by atoms with E-state index in [1.165, 1.54) is 31.6 Å². The van der Waals surface area contributed by atoms with E-state index in [4.69, 9.17) is 4.74 Å². The summed E-state index contributed by atoms with van der Waals surface area (Å²) in [5.41, 5.74) is 1.60. The van der Waals surface area contributed by atoms with Crippen molar-refractivity contribution in [1.29, 1.82) is 0 Å². The Hall–Kier alpha value is -2.50. The van der Waals surface area contributed by atoms with E-state index in [1.807, 2.05) is 0 Å². The zero-order chi connectivity index (χ0) is 15.4. The molecule has 0 aliphatic rings. The molecular formula is C15H16FN3O2. The Morgan fingerprint density at radius 2 is 2.10 bits per heavy atom. The van der Waals surface area contributed by atoms with Gasteiger partial charge in [0, 0.05) is 6.20 Å². The van der Waals surface area contributed by atoms with Gasteiger partial charge in [-0.1, -0.05) is 6.07 Å². The molecule has 0 spiro atoms. The maximum atomic E-state index is 13.7. The number of carbonyl (C=O) groups is 1. The zero-order valence-corrected chi connectivity index (χ0v) is 12.1. The number of benzene rings is 1. The van der Waals surface area contributed by atoms with Crippen LogP contribution in [0.25, 0.3) is 0 Å². The summed E-state index contributed by atoms with van der Waals surface area (Å²) in [4.78, 5) is 20.0. The first-order chi connectivity index (χ1) is 10.0. The average molecular weight is 289 g/mol. The lowest BCUT2D eigenvalue weighted by Gasteiger charge is -2.15. The highest BCUT2D eigenvalue weighted by Crippen LogP contribution is 2.21. The van der Waals surface area contributed by atoms with Crippen molar-refractivity contribution in [2.24, 2.45) is 0 Å². The van der Waals surface area contributed by atoms with Crippen LogP contribution in [0, 0.1) is 12.7 Å². The summed E-state index contributed by atoms with van der Waals surface area (Å²) in [6.07, 6.45) is 2.93. The monoisotopic (exact) mass is 289 g/mol. The number of rotatable bonds is 4. The number of hydrogen-bond donors (Lipinski definition) is 1. The fraction of sp³-hybridized carbons (Fsp3) is 0.267. The van der Waals surface area contributed by atoms with Gasteiger partial charge in [0.05, 0.1) is 25.0 Å². The van der Waals surface area contributed by atoms with Gasteiger partial charge >= 0.3 is 0 Å². The molecule has 0 saturated carbocycles. The van der Waals surface area contributed by atoms with Crippen molar-refractivity contribution in [2.45, 2.75) is 19.9 Å². The number of methoxy groups -OCH3 is 1. The molecule has 0 bridgehead atoms. The van der Waals surface area contributed by atoms with Crippen LogP contribution in [0.3, 0.4) is 0 Å². The molecule has 21 heavy (non-hydrogen) atoms. The maximum Gasteiger partial charge on any atom is 0.271 e. The summed E-state index contributed by atoms with van der Waals surface area (Å²) in [6, 6.07) is 4.21. The van der Waals surface area contributed by atoms with Crippen molar-refractivity contribution in [3.8, 4) is 5.75 Å². The molecule has 1 unspecified atom stereocenters. The van der Waals surface area contributed by atoms with Crippen molar-refractivity contribution in [2.75, 3.05) is 7.11 Å². The van der Waals surface area contributed by atoms with Gasteiger partial charge in [-0.2, -0.15) is 0 Å². The molecule has 0 fully saturated rings. The second-order valence-electron chi connectivity index (χ2n) is 4.63. The molecule has 1 aromatic heterocycles. The van der Waals surface area contributed by atoms with Crippen LogP contribution in [0.4, 0.5) is 4.39 Å². The molecule has 0 saturated heterocycles. The zero-order valence-electron chi connectivity index (χ0n) is 12.1. The van der Waals surface area contributed by atoms with E-state index < -0.39 is 5.82 Å². The predicted octanol–water partition coefficient (Wildman–Crippen LogP) is 2.42. The highest BCUT2D eigenvalue weighted by molar-refractivity contribution is 5.92. The molecule has 0 radical (unpaired) electrons. The van der Waals surface area contributed by atoms with Crippen LogP contribution in [0.2, 0.25) is 0 Å². The van der Waals surface area contributed by atoms with Crippen molar-refractivity contribution >= 4 is 5.91 Å². The Labute approximate surface area is 122 Å². The van der Waals surface area contributed by atoms with Gasteiger partial charge in [0.25, 0.3) is 5.91 Å². The van der Waals surface area contributed by atoms with Gasteiger partial charge in [0.1, 0.15) is 5.69 Å². The Kier molecular flexibility index (Phi) is 4.47. The molecule has 2 aromatic rings. The summed E-state index contributed by atoms with van der Waals surface area (Å²) in [6.45, 7) is 3.55. The first kappa shape index (κ1) is 14.9. The van der Waals surface area contributed by atoms with Crippen LogP contribution < -0.4 is 10.1 Å². The highest BCUT2D eigenvalue weighted by atomic mass is 19.1. The number of aryl methyl sites for hydroxylation is 1. The number of carbonyl (C=O) groups excluding carboxylic acids is 1. The largest absolute Gasteiger partial charge is 0.494 e. The van der Waals surface area contributed by atoms with Crippen molar-refractivity contribution in [3.05, 3.63) is 53.4 Å². The molecule has 1 atom stereocenters. The number of ether oxygens (including phenoxy) is 1. The summed E-state index contributed by atoms with van der Waals surface area (Å²) in [5.74, 6) is -0.654. The number of nitrogens with zero attached hydrogens (tertiary/aromatic N) is 2. The molecule has 1 amide bonds. The summed E-state index contributed by atoms with van der Waals surface area (Å²) >= 11 is 0. The van der Waals surface area contributed by atoms with Gasteiger partial charge in [0.2, 0.25) is 0 Å². The minimum atomic E-state index is -0.466. The molecule has 2 rings (SSSR count). The smallest absolute Gasteiger partial charge is 0.271 e. The van der Waals surface area contributed by atoms with Gasteiger partial charge < -0.3 is 10.1 Å². The third-order valence-corrected chi connectivity index (χ3v) is 3.04. The van der Waals surface area contributed by atoms with Crippen molar-refractivity contribution < 1.29 is 13.9 Å². The molecule has 0 aliphatic carbocycles. The molecule has 1 N–H and O–H groups in total. The standard InChI is InChI=1S/C15H16FN3O2/c1-9-7-18-13(8-17-9)15(20)19-10(2)11-4-5-14(21-3)12(16)6-11/h4-8,10H,1-3H3,(H,19,20). The van der Waals surface area contributed by atoms with Crippen LogP contribution in [0.5, 0.6) is 5.75 Å². The van der Waals surface area contributed by atoms with E-state index in [2.05, 4.69) is 15.3 Å². The minimum absolute atomic E-state index is 0.168. The fourth-order valence-electron chi connectivity index (χ4n) is 1.82. The molecule has 5 nitrogen and oxygen atoms in total. The third kappa shape index (κ3) is 3.53. The summed E-state index contributed by atoms with van der Waals surface area (Å²) < 4.78 is 18.5. The maximum absolute atomic E-state index is 13.7. The van der Waals surface area contributed by atoms with Crippen molar-refractivity contribution in [1.82, 2.24) is 15.3 Å². The molecular weight excluding hydrogens is 273 g/mol. The first-order valence-electron chi connectivity index (χ1n) is 6.44. The van der Waals surface area contributed by atoms with Crippen molar-refractivity contribution in [3.63, 3.8) is 0 Å². The van der Waals surface area contributed by atoms with E-state index in [9.17, 15) is 9.18 Å². The van der Waals surface area contributed by atoms with Crippen LogP contribution in [-0.4, -0.2) is 23.0 Å². The molecule has 0 aliphatic heterocycles. The lowest BCUT2D eigenvalue weighted by molar-refractivity contribution is 0.0934. The van der Waals surface area contributed by atoms with Crippen LogP contribution >= 0.6 is 0 Å². The van der Waals surface area contributed by atoms with E-state index in [0.29, 0.717) is 5.56 Å². The van der Waals surface area contributed by atoms with Crippen LogP contribution in [-0.2, 0) is 0 Å². The lowest BCUT2D eigenvalue weighted by Crippen LogP contribution is -2.27. The second kappa shape index (κ2) is 6.30. The molecule has 1 aromatic carbocycles. The van der Waals surface area contributed by atoms with Gasteiger partial charge in [-0.05, 0) is 31.5 Å². The Bertz CT molecular complexity index is 644. The Morgan fingerprint density at radius 3 is 2.67 bits per heavy atom. The minimum Gasteiger partial charge on any atom is -0.494 e. The van der Waals surface area contributed by atoms with E-state index in [1.54, 1.807) is 19.9 Å². The fourth-order valence-corrected chi connectivity index (χ4v) is 1.82. The van der Waals surface area contributed by atoms with E-state index >= 15 is 0 Å². The predicted molar refractivity (Wildman–Crippen MR) is 75.6 cm³/mol. The number of halogens is 1. The number of nitrogens with one attached hydrogen (secondary N) is 1. The van der Waals surface area contributed by atoms with Crippen LogP contribution in [0.15, 0.2) is 30.6 Å². The molecule has 1 heterocycles. The topological polar surface area (TPSA) is 64.1 Å². The first-order valence-corrected chi connectivity index (χ1v) is 6.44. The third-order valence-electron chi connectivity index (χ3n) is 3.04. The SMILES string of the molecule is COc1ccc(C(C)NC(=O)c2cnc(C)cn2)cc1F. The van der Waals surface area contributed by atoms with Gasteiger partial charge in [-0.15, -0.1) is 0 Å². The van der Waals surface area contributed by atoms with Gasteiger partial charge in [-0.25, -0.2) is 9.37 Å². The average Bonchev–Trinajstić information content (AvgIpc) is 2.47. The Balaban J connectivity index is 2.10. The highest BCUT2D eigenvalue weighted by Gasteiger charge is 2.14. The summed E-state index contributed by atoms with van der Waals surface area (Å²) in [5, 5.41) is 2.75. The number of amides is 1. The van der Waals surface area contributed by atoms with E-state index in [-0.39, 0.29) is 23.4 Å². The molecule has 6 heteroatoms.